The Kier molecular flexibility index (Phi) is 4.58. The van der Waals surface area contributed by atoms with Gasteiger partial charge in [-0.3, -0.25) is 0 Å². The fourth-order valence-electron chi connectivity index (χ4n) is 1.87. The Morgan fingerprint density at radius 2 is 1.62 bits per heavy atom. The molecule has 0 bridgehead atoms. The molecule has 0 N–H and O–H groups in total. The Labute approximate surface area is 130 Å². The molecule has 0 aliphatic carbocycles. The number of rotatable bonds is 2. The SMILES string of the molecule is Fc1ccc(F)c(C(Cl)c2ccc(Br)cc2C(F)(F)F)c1. The second-order valence-corrected chi connectivity index (χ2v) is 5.61. The van der Waals surface area contributed by atoms with E-state index < -0.39 is 28.8 Å². The van der Waals surface area contributed by atoms with Gasteiger partial charge in [-0.05, 0) is 35.9 Å². The largest absolute Gasteiger partial charge is 0.416 e. The minimum absolute atomic E-state index is 0.210. The molecule has 0 saturated heterocycles. The van der Waals surface area contributed by atoms with Crippen LogP contribution in [0.5, 0.6) is 0 Å². The van der Waals surface area contributed by atoms with Crippen LogP contribution in [-0.2, 0) is 6.18 Å². The molecular weight excluding hydrogens is 379 g/mol. The van der Waals surface area contributed by atoms with Gasteiger partial charge >= 0.3 is 6.18 Å². The predicted molar refractivity (Wildman–Crippen MR) is 73.2 cm³/mol. The van der Waals surface area contributed by atoms with E-state index in [2.05, 4.69) is 15.9 Å². The summed E-state index contributed by atoms with van der Waals surface area (Å²) in [6, 6.07) is 5.82. The summed E-state index contributed by atoms with van der Waals surface area (Å²) in [5.41, 5.74) is -1.68. The fraction of sp³-hybridized carbons (Fsp3) is 0.143. The quantitative estimate of drug-likeness (QED) is 0.434. The maximum absolute atomic E-state index is 13.7. The van der Waals surface area contributed by atoms with Crippen LogP contribution in [0.4, 0.5) is 22.0 Å². The minimum atomic E-state index is -4.66. The van der Waals surface area contributed by atoms with Crippen molar-refractivity contribution < 1.29 is 22.0 Å². The van der Waals surface area contributed by atoms with E-state index in [1.165, 1.54) is 6.07 Å². The topological polar surface area (TPSA) is 0 Å². The molecule has 0 aromatic heterocycles. The Bertz CT molecular complexity index is 669. The second-order valence-electron chi connectivity index (χ2n) is 4.26. The zero-order chi connectivity index (χ0) is 15.8. The highest BCUT2D eigenvalue weighted by molar-refractivity contribution is 9.10. The molecule has 112 valence electrons. The summed E-state index contributed by atoms with van der Waals surface area (Å²) >= 11 is 8.89. The summed E-state index contributed by atoms with van der Waals surface area (Å²) in [7, 11) is 0. The number of halogens is 7. The molecule has 0 heterocycles. The first-order valence-electron chi connectivity index (χ1n) is 5.66. The molecule has 21 heavy (non-hydrogen) atoms. The predicted octanol–water partition coefficient (Wildman–Crippen LogP) is 6.07. The van der Waals surface area contributed by atoms with Gasteiger partial charge < -0.3 is 0 Å². The molecular formula is C14H7BrClF5. The van der Waals surface area contributed by atoms with Crippen LogP contribution >= 0.6 is 27.5 Å². The Hall–Kier alpha value is -1.14. The van der Waals surface area contributed by atoms with E-state index in [9.17, 15) is 22.0 Å². The molecule has 0 fully saturated rings. The van der Waals surface area contributed by atoms with Crippen molar-refractivity contribution >= 4 is 27.5 Å². The molecule has 2 aromatic rings. The summed E-state index contributed by atoms with van der Waals surface area (Å²) in [5, 5.41) is -1.45. The third-order valence-corrected chi connectivity index (χ3v) is 3.79. The van der Waals surface area contributed by atoms with Crippen molar-refractivity contribution in [3.63, 3.8) is 0 Å². The summed E-state index contributed by atoms with van der Waals surface area (Å²) in [5.74, 6) is -1.64. The van der Waals surface area contributed by atoms with Crippen molar-refractivity contribution in [2.75, 3.05) is 0 Å². The first-order chi connectivity index (χ1) is 9.70. The summed E-state index contributed by atoms with van der Waals surface area (Å²) < 4.78 is 66.2. The third-order valence-electron chi connectivity index (χ3n) is 2.82. The molecule has 0 aliphatic heterocycles. The molecule has 7 heteroatoms. The minimum Gasteiger partial charge on any atom is -0.207 e. The van der Waals surface area contributed by atoms with Crippen molar-refractivity contribution in [1.82, 2.24) is 0 Å². The first-order valence-corrected chi connectivity index (χ1v) is 6.88. The zero-order valence-corrected chi connectivity index (χ0v) is 12.5. The molecule has 0 spiro atoms. The lowest BCUT2D eigenvalue weighted by atomic mass is 9.98. The lowest BCUT2D eigenvalue weighted by Crippen LogP contribution is -2.11. The average molecular weight is 386 g/mol. The number of benzene rings is 2. The van der Waals surface area contributed by atoms with Gasteiger partial charge in [0.25, 0.3) is 0 Å². The van der Waals surface area contributed by atoms with Crippen molar-refractivity contribution in [1.29, 1.82) is 0 Å². The van der Waals surface area contributed by atoms with Crippen LogP contribution in [-0.4, -0.2) is 0 Å². The maximum Gasteiger partial charge on any atom is 0.416 e. The van der Waals surface area contributed by atoms with Gasteiger partial charge in [0.15, 0.2) is 0 Å². The fourth-order valence-corrected chi connectivity index (χ4v) is 2.59. The van der Waals surface area contributed by atoms with Crippen LogP contribution in [0, 0.1) is 11.6 Å². The van der Waals surface area contributed by atoms with Crippen molar-refractivity contribution in [3.8, 4) is 0 Å². The Morgan fingerprint density at radius 1 is 0.952 bits per heavy atom. The summed E-state index contributed by atoms with van der Waals surface area (Å²) in [4.78, 5) is 0. The number of hydrogen-bond donors (Lipinski definition) is 0. The molecule has 2 rings (SSSR count). The van der Waals surface area contributed by atoms with Crippen molar-refractivity contribution in [3.05, 3.63) is 69.2 Å². The Morgan fingerprint density at radius 3 is 2.24 bits per heavy atom. The smallest absolute Gasteiger partial charge is 0.207 e. The van der Waals surface area contributed by atoms with Gasteiger partial charge in [-0.15, -0.1) is 11.6 Å². The lowest BCUT2D eigenvalue weighted by molar-refractivity contribution is -0.138. The van der Waals surface area contributed by atoms with E-state index in [0.717, 1.165) is 30.3 Å². The number of alkyl halides is 4. The van der Waals surface area contributed by atoms with E-state index in [1.54, 1.807) is 0 Å². The molecule has 0 amide bonds. The molecule has 0 aliphatic rings. The standard InChI is InChI=1S/C14H7BrClF5/c15-7-1-3-9(11(5-7)14(19,20)21)13(16)10-6-8(17)2-4-12(10)18/h1-6,13H. The highest BCUT2D eigenvalue weighted by atomic mass is 79.9. The highest BCUT2D eigenvalue weighted by Crippen LogP contribution is 2.41. The van der Waals surface area contributed by atoms with E-state index in [0.29, 0.717) is 0 Å². The van der Waals surface area contributed by atoms with Gasteiger partial charge in [-0.2, -0.15) is 13.2 Å². The maximum atomic E-state index is 13.7. The molecule has 0 saturated carbocycles. The van der Waals surface area contributed by atoms with Crippen LogP contribution in [0.25, 0.3) is 0 Å². The van der Waals surface area contributed by atoms with Crippen LogP contribution in [0.3, 0.4) is 0 Å². The first kappa shape index (κ1) is 16.2. The highest BCUT2D eigenvalue weighted by Gasteiger charge is 2.36. The molecule has 1 atom stereocenters. The van der Waals surface area contributed by atoms with E-state index in [4.69, 9.17) is 11.6 Å². The molecule has 2 aromatic carbocycles. The monoisotopic (exact) mass is 384 g/mol. The van der Waals surface area contributed by atoms with E-state index in [-0.39, 0.29) is 15.6 Å². The lowest BCUT2D eigenvalue weighted by Gasteiger charge is -2.18. The van der Waals surface area contributed by atoms with Gasteiger partial charge in [0, 0.05) is 10.0 Å². The van der Waals surface area contributed by atoms with E-state index >= 15 is 0 Å². The molecule has 1 unspecified atom stereocenters. The van der Waals surface area contributed by atoms with Crippen molar-refractivity contribution in [2.45, 2.75) is 11.6 Å². The van der Waals surface area contributed by atoms with Gasteiger partial charge in [0.05, 0.1) is 10.9 Å². The van der Waals surface area contributed by atoms with Gasteiger partial charge in [0.1, 0.15) is 11.6 Å². The summed E-state index contributed by atoms with van der Waals surface area (Å²) in [6.07, 6.45) is -4.66. The Balaban J connectivity index is 2.58. The van der Waals surface area contributed by atoms with Crippen LogP contribution < -0.4 is 0 Å². The molecule has 0 radical (unpaired) electrons. The van der Waals surface area contributed by atoms with Gasteiger partial charge in [-0.25, -0.2) is 8.78 Å². The zero-order valence-electron chi connectivity index (χ0n) is 10.2. The number of hydrogen-bond acceptors (Lipinski definition) is 0. The van der Waals surface area contributed by atoms with Crippen LogP contribution in [0.2, 0.25) is 0 Å². The summed E-state index contributed by atoms with van der Waals surface area (Å²) in [6.45, 7) is 0. The normalized spacial score (nSPS) is 13.3. The van der Waals surface area contributed by atoms with E-state index in [1.807, 2.05) is 0 Å². The average Bonchev–Trinajstić information content (AvgIpc) is 2.40. The van der Waals surface area contributed by atoms with Crippen LogP contribution in [0.1, 0.15) is 22.1 Å². The van der Waals surface area contributed by atoms with Crippen molar-refractivity contribution in [2.24, 2.45) is 0 Å². The van der Waals surface area contributed by atoms with Crippen LogP contribution in [0.15, 0.2) is 40.9 Å². The molecule has 0 nitrogen and oxygen atoms in total. The second kappa shape index (κ2) is 5.93. The third kappa shape index (κ3) is 3.55. The van der Waals surface area contributed by atoms with Gasteiger partial charge in [0.2, 0.25) is 0 Å². The van der Waals surface area contributed by atoms with Gasteiger partial charge in [-0.1, -0.05) is 22.0 Å².